The summed E-state index contributed by atoms with van der Waals surface area (Å²) in [5.41, 5.74) is 4.01. The van der Waals surface area contributed by atoms with Crippen LogP contribution in [0.5, 0.6) is 0 Å². The minimum atomic E-state index is -1.11. The molecule has 0 bridgehead atoms. The Bertz CT molecular complexity index is 818. The zero-order chi connectivity index (χ0) is 20.5. The highest BCUT2D eigenvalue weighted by atomic mass is 16.4. The van der Waals surface area contributed by atoms with Crippen LogP contribution in [0.2, 0.25) is 0 Å². The summed E-state index contributed by atoms with van der Waals surface area (Å²) in [6.07, 6.45) is 7.45. The van der Waals surface area contributed by atoms with Gasteiger partial charge in [-0.25, -0.2) is 4.79 Å². The van der Waals surface area contributed by atoms with Crippen molar-refractivity contribution in [2.45, 2.75) is 65.8 Å². The van der Waals surface area contributed by atoms with Gasteiger partial charge in [-0.3, -0.25) is 4.79 Å². The molecule has 0 spiro atoms. The summed E-state index contributed by atoms with van der Waals surface area (Å²) in [4.78, 5) is 25.9. The number of aliphatic carboxylic acids is 1. The molecule has 0 saturated heterocycles. The lowest BCUT2D eigenvalue weighted by atomic mass is 9.60. The van der Waals surface area contributed by atoms with Crippen molar-refractivity contribution >= 4 is 17.6 Å². The fraction of sp³-hybridized carbons (Fsp3) is 0.500. The van der Waals surface area contributed by atoms with E-state index in [0.717, 1.165) is 31.0 Å². The molecule has 1 atom stereocenters. The lowest BCUT2D eigenvalue weighted by Crippen LogP contribution is -2.51. The van der Waals surface area contributed by atoms with Crippen molar-refractivity contribution in [3.8, 4) is 0 Å². The lowest BCUT2D eigenvalue weighted by molar-refractivity contribution is -0.131. The summed E-state index contributed by atoms with van der Waals surface area (Å²) in [7, 11) is 0. The molecule has 1 amide bonds. The van der Waals surface area contributed by atoms with E-state index in [2.05, 4.69) is 27.7 Å². The van der Waals surface area contributed by atoms with Crippen molar-refractivity contribution in [2.75, 3.05) is 4.90 Å². The Hall–Kier alpha value is -2.36. The maximum absolute atomic E-state index is 13.1. The molecule has 0 fully saturated rings. The highest BCUT2D eigenvalue weighted by Crippen LogP contribution is 2.53. The second kappa shape index (κ2) is 7.57. The standard InChI is InChI=1S/C24H31NO3/c1-23(2)14-8-9-17-15-20(24(3,4)16-19(17)23)25(18-10-6-5-7-11-18)21(26)12-13-22(27)28/h5-7,10-13,20H,8-9,14-16H2,1-4H3,(H,27,28)/b13-12+/t20-/m0/s1. The summed E-state index contributed by atoms with van der Waals surface area (Å²) in [5.74, 6) is -1.38. The van der Waals surface area contributed by atoms with Gasteiger partial charge >= 0.3 is 5.97 Å². The SMILES string of the molecule is CC1(C)CCCC2=C1CC(C)(C)[C@@H](N(C(=O)/C=C/C(=O)O)c1ccccc1)C2. The number of nitrogens with zero attached hydrogens (tertiary/aromatic N) is 1. The molecule has 1 aromatic rings. The second-order valence-electron chi connectivity index (χ2n) is 9.42. The number of carbonyl (C=O) groups excluding carboxylic acids is 1. The minimum absolute atomic E-state index is 0.00602. The number of carboxylic acid groups (broad SMARTS) is 1. The molecule has 150 valence electrons. The van der Waals surface area contributed by atoms with Gasteiger partial charge in [-0.1, -0.05) is 57.0 Å². The van der Waals surface area contributed by atoms with E-state index in [1.54, 1.807) is 5.57 Å². The van der Waals surface area contributed by atoms with Crippen molar-refractivity contribution < 1.29 is 14.7 Å². The van der Waals surface area contributed by atoms with E-state index in [1.807, 2.05) is 35.2 Å². The van der Waals surface area contributed by atoms with Crippen molar-refractivity contribution in [1.82, 2.24) is 0 Å². The number of hydrogen-bond donors (Lipinski definition) is 1. The Labute approximate surface area is 167 Å². The molecule has 1 aromatic carbocycles. The molecular weight excluding hydrogens is 350 g/mol. The Kier molecular flexibility index (Phi) is 5.51. The fourth-order valence-corrected chi connectivity index (χ4v) is 4.91. The first kappa shape index (κ1) is 20.4. The molecule has 0 saturated carbocycles. The van der Waals surface area contributed by atoms with E-state index in [4.69, 9.17) is 5.11 Å². The molecule has 0 unspecified atom stereocenters. The number of carbonyl (C=O) groups is 2. The van der Waals surface area contributed by atoms with Crippen LogP contribution in [0.3, 0.4) is 0 Å². The average Bonchev–Trinajstić information content (AvgIpc) is 2.62. The van der Waals surface area contributed by atoms with E-state index in [-0.39, 0.29) is 22.8 Å². The van der Waals surface area contributed by atoms with Crippen LogP contribution in [0.15, 0.2) is 53.6 Å². The van der Waals surface area contributed by atoms with Crippen LogP contribution >= 0.6 is 0 Å². The zero-order valence-corrected chi connectivity index (χ0v) is 17.4. The summed E-state index contributed by atoms with van der Waals surface area (Å²) >= 11 is 0. The largest absolute Gasteiger partial charge is 0.478 e. The number of anilines is 1. The molecule has 4 nitrogen and oxygen atoms in total. The van der Waals surface area contributed by atoms with Gasteiger partial charge in [-0.05, 0) is 55.1 Å². The Morgan fingerprint density at radius 3 is 2.43 bits per heavy atom. The van der Waals surface area contributed by atoms with Gasteiger partial charge in [0.1, 0.15) is 0 Å². The highest BCUT2D eigenvalue weighted by Gasteiger charge is 2.45. The van der Waals surface area contributed by atoms with Crippen LogP contribution < -0.4 is 4.90 Å². The number of hydrogen-bond acceptors (Lipinski definition) is 2. The Morgan fingerprint density at radius 2 is 1.79 bits per heavy atom. The predicted molar refractivity (Wildman–Crippen MR) is 112 cm³/mol. The molecule has 4 heteroatoms. The Balaban J connectivity index is 2.03. The second-order valence-corrected chi connectivity index (χ2v) is 9.42. The minimum Gasteiger partial charge on any atom is -0.478 e. The van der Waals surface area contributed by atoms with Crippen LogP contribution in [0.4, 0.5) is 5.69 Å². The van der Waals surface area contributed by atoms with Gasteiger partial charge in [-0.2, -0.15) is 0 Å². The van der Waals surface area contributed by atoms with Crippen LogP contribution in [-0.2, 0) is 9.59 Å². The summed E-state index contributed by atoms with van der Waals surface area (Å²) in [6.45, 7) is 9.15. The molecule has 28 heavy (non-hydrogen) atoms. The van der Waals surface area contributed by atoms with E-state index < -0.39 is 5.97 Å². The number of carboxylic acids is 1. The van der Waals surface area contributed by atoms with Crippen LogP contribution in [0, 0.1) is 10.8 Å². The molecule has 3 rings (SSSR count). The highest BCUT2D eigenvalue weighted by molar-refractivity contribution is 6.04. The summed E-state index contributed by atoms with van der Waals surface area (Å²) < 4.78 is 0. The topological polar surface area (TPSA) is 57.6 Å². The predicted octanol–water partition coefficient (Wildman–Crippen LogP) is 5.36. The lowest BCUT2D eigenvalue weighted by Gasteiger charge is -2.50. The van der Waals surface area contributed by atoms with E-state index in [9.17, 15) is 9.59 Å². The first-order chi connectivity index (χ1) is 13.1. The number of allylic oxidation sites excluding steroid dienone is 1. The van der Waals surface area contributed by atoms with Gasteiger partial charge in [-0.15, -0.1) is 0 Å². The maximum atomic E-state index is 13.1. The third kappa shape index (κ3) is 4.06. The maximum Gasteiger partial charge on any atom is 0.328 e. The molecule has 2 aliphatic carbocycles. The van der Waals surface area contributed by atoms with E-state index in [0.29, 0.717) is 0 Å². The number of amides is 1. The van der Waals surface area contributed by atoms with Gasteiger partial charge in [0.05, 0.1) is 0 Å². The molecule has 1 N–H and O–H groups in total. The average molecular weight is 382 g/mol. The number of benzene rings is 1. The molecular formula is C24H31NO3. The first-order valence-electron chi connectivity index (χ1n) is 10.1. The van der Waals surface area contributed by atoms with Crippen LogP contribution in [0.1, 0.15) is 59.8 Å². The third-order valence-corrected chi connectivity index (χ3v) is 6.45. The van der Waals surface area contributed by atoms with Gasteiger partial charge in [0, 0.05) is 23.9 Å². The van der Waals surface area contributed by atoms with Gasteiger partial charge in [0.15, 0.2) is 0 Å². The van der Waals surface area contributed by atoms with E-state index >= 15 is 0 Å². The fourth-order valence-electron chi connectivity index (χ4n) is 4.91. The third-order valence-electron chi connectivity index (χ3n) is 6.45. The number of para-hydroxylation sites is 1. The monoisotopic (exact) mass is 381 g/mol. The normalized spacial score (nSPS) is 23.4. The van der Waals surface area contributed by atoms with Crippen molar-refractivity contribution in [1.29, 1.82) is 0 Å². The van der Waals surface area contributed by atoms with Crippen molar-refractivity contribution in [3.05, 3.63) is 53.6 Å². The molecule has 2 aliphatic rings. The first-order valence-corrected chi connectivity index (χ1v) is 10.1. The van der Waals surface area contributed by atoms with E-state index in [1.165, 1.54) is 24.5 Å². The smallest absolute Gasteiger partial charge is 0.328 e. The molecule has 0 radical (unpaired) electrons. The van der Waals surface area contributed by atoms with Gasteiger partial charge < -0.3 is 10.0 Å². The number of rotatable bonds is 4. The molecule has 0 aliphatic heterocycles. The van der Waals surface area contributed by atoms with Gasteiger partial charge in [0.25, 0.3) is 5.91 Å². The van der Waals surface area contributed by atoms with Crippen molar-refractivity contribution in [2.24, 2.45) is 10.8 Å². The quantitative estimate of drug-likeness (QED) is 0.564. The van der Waals surface area contributed by atoms with Gasteiger partial charge in [0.2, 0.25) is 0 Å². The zero-order valence-electron chi connectivity index (χ0n) is 17.4. The Morgan fingerprint density at radius 1 is 1.11 bits per heavy atom. The van der Waals surface area contributed by atoms with Crippen LogP contribution in [0.25, 0.3) is 0 Å². The summed E-state index contributed by atoms with van der Waals surface area (Å²) in [6, 6.07) is 9.61. The van der Waals surface area contributed by atoms with Crippen molar-refractivity contribution in [3.63, 3.8) is 0 Å². The molecule has 0 aromatic heterocycles. The molecule has 0 heterocycles. The summed E-state index contributed by atoms with van der Waals surface area (Å²) in [5, 5.41) is 8.97. The van der Waals surface area contributed by atoms with Crippen LogP contribution in [-0.4, -0.2) is 23.0 Å².